The largest absolute Gasteiger partial charge is 0.294 e. The lowest BCUT2D eigenvalue weighted by molar-refractivity contribution is -0.123. The molecule has 0 amide bonds. The molecule has 1 spiro atoms. The normalized spacial score (nSPS) is 44.9. The molecule has 0 radical (unpaired) electrons. The Labute approximate surface area is 84.9 Å². The van der Waals surface area contributed by atoms with Crippen molar-refractivity contribution < 1.29 is 4.79 Å². The standard InChI is InChI=1S/C13H16O/c1-12-6-3-7-13(9-12)10(8-12)4-2-5-11(13)14/h2,4-5H,3,6-9H2,1H3. The molecule has 2 unspecified atom stereocenters. The number of carbonyl (C=O) groups is 1. The topological polar surface area (TPSA) is 17.1 Å². The predicted octanol–water partition coefficient (Wildman–Crippen LogP) is 3.02. The van der Waals surface area contributed by atoms with Crippen molar-refractivity contribution >= 4 is 5.78 Å². The van der Waals surface area contributed by atoms with Gasteiger partial charge in [0.25, 0.3) is 0 Å². The van der Waals surface area contributed by atoms with Crippen LogP contribution in [0.2, 0.25) is 0 Å². The van der Waals surface area contributed by atoms with Gasteiger partial charge in [-0.1, -0.05) is 31.1 Å². The molecule has 0 aromatic rings. The van der Waals surface area contributed by atoms with E-state index in [0.29, 0.717) is 11.2 Å². The number of rotatable bonds is 0. The Morgan fingerprint density at radius 2 is 2.21 bits per heavy atom. The van der Waals surface area contributed by atoms with Crippen molar-refractivity contribution in [1.29, 1.82) is 0 Å². The summed E-state index contributed by atoms with van der Waals surface area (Å²) >= 11 is 0. The highest BCUT2D eigenvalue weighted by Gasteiger charge is 2.55. The highest BCUT2D eigenvalue weighted by atomic mass is 16.1. The summed E-state index contributed by atoms with van der Waals surface area (Å²) < 4.78 is 0. The molecule has 2 bridgehead atoms. The molecule has 2 saturated carbocycles. The van der Waals surface area contributed by atoms with Crippen LogP contribution in [0.15, 0.2) is 23.8 Å². The Hall–Kier alpha value is -0.850. The maximum atomic E-state index is 12.0. The second kappa shape index (κ2) is 2.39. The highest BCUT2D eigenvalue weighted by Crippen LogP contribution is 2.62. The predicted molar refractivity (Wildman–Crippen MR) is 55.9 cm³/mol. The van der Waals surface area contributed by atoms with Crippen LogP contribution < -0.4 is 0 Å². The van der Waals surface area contributed by atoms with Gasteiger partial charge in [-0.3, -0.25) is 4.79 Å². The molecule has 3 rings (SSSR count). The summed E-state index contributed by atoms with van der Waals surface area (Å²) in [7, 11) is 0. The van der Waals surface area contributed by atoms with Crippen molar-refractivity contribution in [3.63, 3.8) is 0 Å². The van der Waals surface area contributed by atoms with Gasteiger partial charge in [0.05, 0.1) is 5.41 Å². The maximum Gasteiger partial charge on any atom is 0.165 e. The monoisotopic (exact) mass is 188 g/mol. The molecule has 14 heavy (non-hydrogen) atoms. The van der Waals surface area contributed by atoms with Gasteiger partial charge >= 0.3 is 0 Å². The minimum absolute atomic E-state index is 0.0538. The van der Waals surface area contributed by atoms with Crippen molar-refractivity contribution in [2.75, 3.05) is 0 Å². The zero-order valence-corrected chi connectivity index (χ0v) is 8.68. The minimum Gasteiger partial charge on any atom is -0.294 e. The summed E-state index contributed by atoms with van der Waals surface area (Å²) in [4.78, 5) is 12.0. The van der Waals surface area contributed by atoms with Crippen LogP contribution >= 0.6 is 0 Å². The second-order valence-corrected chi connectivity index (χ2v) is 5.52. The first-order valence-electron chi connectivity index (χ1n) is 5.57. The second-order valence-electron chi connectivity index (χ2n) is 5.52. The number of hydrogen-bond donors (Lipinski definition) is 0. The minimum atomic E-state index is -0.0538. The molecule has 0 aromatic carbocycles. The molecule has 0 heterocycles. The van der Waals surface area contributed by atoms with Gasteiger partial charge < -0.3 is 0 Å². The number of fused-ring (bicyclic) bond motifs is 1. The lowest BCUT2D eigenvalue weighted by atomic mass is 9.66. The molecule has 0 N–H and O–H groups in total. The molecule has 2 atom stereocenters. The van der Waals surface area contributed by atoms with Gasteiger partial charge in [0.1, 0.15) is 0 Å². The first-order valence-corrected chi connectivity index (χ1v) is 5.57. The fraction of sp³-hybridized carbons (Fsp3) is 0.615. The molecular formula is C13H16O. The first-order chi connectivity index (χ1) is 6.65. The quantitative estimate of drug-likeness (QED) is 0.571. The van der Waals surface area contributed by atoms with E-state index < -0.39 is 0 Å². The van der Waals surface area contributed by atoms with Crippen LogP contribution in [0.4, 0.5) is 0 Å². The summed E-state index contributed by atoms with van der Waals surface area (Å²) in [5, 5.41) is 0. The van der Waals surface area contributed by atoms with Crippen molar-refractivity contribution in [2.45, 2.75) is 39.0 Å². The highest BCUT2D eigenvalue weighted by molar-refractivity contribution is 5.99. The molecule has 3 aliphatic rings. The van der Waals surface area contributed by atoms with E-state index in [1.165, 1.54) is 18.4 Å². The average molecular weight is 188 g/mol. The Kier molecular flexibility index (Phi) is 1.44. The van der Waals surface area contributed by atoms with Gasteiger partial charge in [-0.15, -0.1) is 0 Å². The van der Waals surface area contributed by atoms with E-state index in [1.54, 1.807) is 6.08 Å². The van der Waals surface area contributed by atoms with Crippen LogP contribution in [0.25, 0.3) is 0 Å². The van der Waals surface area contributed by atoms with Crippen molar-refractivity contribution in [3.05, 3.63) is 23.8 Å². The SMILES string of the molecule is CC12CCCC3(C1)C(=O)C=CC=C3C2. The summed E-state index contributed by atoms with van der Waals surface area (Å²) in [6.45, 7) is 2.35. The van der Waals surface area contributed by atoms with E-state index in [0.717, 1.165) is 19.3 Å². The fourth-order valence-electron chi connectivity index (χ4n) is 3.77. The van der Waals surface area contributed by atoms with Crippen molar-refractivity contribution in [2.24, 2.45) is 10.8 Å². The van der Waals surface area contributed by atoms with Gasteiger partial charge in [0.15, 0.2) is 5.78 Å². The lowest BCUT2D eigenvalue weighted by Crippen LogP contribution is -2.34. The van der Waals surface area contributed by atoms with Crippen LogP contribution in [-0.2, 0) is 4.79 Å². The number of hydrogen-bond acceptors (Lipinski definition) is 1. The molecule has 0 aliphatic heterocycles. The number of allylic oxidation sites excluding steroid dienone is 4. The van der Waals surface area contributed by atoms with Gasteiger partial charge in [0.2, 0.25) is 0 Å². The van der Waals surface area contributed by atoms with Crippen LogP contribution in [0.1, 0.15) is 39.0 Å². The third kappa shape index (κ3) is 0.879. The molecule has 74 valence electrons. The molecular weight excluding hydrogens is 172 g/mol. The molecule has 0 aromatic heterocycles. The van der Waals surface area contributed by atoms with Gasteiger partial charge in [-0.25, -0.2) is 0 Å². The first kappa shape index (κ1) is 8.46. The molecule has 3 aliphatic carbocycles. The maximum absolute atomic E-state index is 12.0. The third-order valence-electron chi connectivity index (χ3n) is 4.36. The van der Waals surface area contributed by atoms with Crippen molar-refractivity contribution in [3.8, 4) is 0 Å². The Morgan fingerprint density at radius 3 is 3.07 bits per heavy atom. The molecule has 1 nitrogen and oxygen atoms in total. The Bertz CT molecular complexity index is 363. The van der Waals surface area contributed by atoms with E-state index in [4.69, 9.17) is 0 Å². The van der Waals surface area contributed by atoms with Gasteiger partial charge in [-0.05, 0) is 37.2 Å². The summed E-state index contributed by atoms with van der Waals surface area (Å²) in [5.74, 6) is 0.374. The summed E-state index contributed by atoms with van der Waals surface area (Å²) in [6.07, 6.45) is 11.8. The van der Waals surface area contributed by atoms with Crippen LogP contribution in [-0.4, -0.2) is 5.78 Å². The zero-order valence-electron chi connectivity index (χ0n) is 8.68. The molecule has 0 saturated heterocycles. The number of carbonyl (C=O) groups excluding carboxylic acids is 1. The van der Waals surface area contributed by atoms with E-state index >= 15 is 0 Å². The van der Waals surface area contributed by atoms with Crippen molar-refractivity contribution in [1.82, 2.24) is 0 Å². The zero-order chi connectivity index (χ0) is 9.81. The van der Waals surface area contributed by atoms with Crippen LogP contribution in [0.5, 0.6) is 0 Å². The van der Waals surface area contributed by atoms with Gasteiger partial charge in [0, 0.05) is 0 Å². The lowest BCUT2D eigenvalue weighted by Gasteiger charge is -2.36. The van der Waals surface area contributed by atoms with Crippen LogP contribution in [0.3, 0.4) is 0 Å². The van der Waals surface area contributed by atoms with E-state index in [1.807, 2.05) is 6.08 Å². The summed E-state index contributed by atoms with van der Waals surface area (Å²) in [6, 6.07) is 0. The van der Waals surface area contributed by atoms with E-state index in [2.05, 4.69) is 13.0 Å². The molecule has 1 heteroatoms. The average Bonchev–Trinajstić information content (AvgIpc) is 2.34. The summed E-state index contributed by atoms with van der Waals surface area (Å²) in [5.41, 5.74) is 1.79. The van der Waals surface area contributed by atoms with Crippen LogP contribution in [0, 0.1) is 10.8 Å². The fourth-order valence-corrected chi connectivity index (χ4v) is 3.77. The smallest absolute Gasteiger partial charge is 0.165 e. The Balaban J connectivity index is 2.13. The Morgan fingerprint density at radius 1 is 1.36 bits per heavy atom. The number of ketones is 1. The van der Waals surface area contributed by atoms with E-state index in [9.17, 15) is 4.79 Å². The van der Waals surface area contributed by atoms with E-state index in [-0.39, 0.29) is 5.41 Å². The molecule has 2 fully saturated rings. The van der Waals surface area contributed by atoms with Gasteiger partial charge in [-0.2, -0.15) is 0 Å². The third-order valence-corrected chi connectivity index (χ3v) is 4.36.